The molecule has 0 saturated carbocycles. The monoisotopic (exact) mass is 293 g/mol. The average Bonchev–Trinajstić information content (AvgIpc) is 2.78. The summed E-state index contributed by atoms with van der Waals surface area (Å²) in [5.74, 6) is 0. The van der Waals surface area contributed by atoms with Gasteiger partial charge in [-0.3, -0.25) is 4.99 Å². The molecule has 0 N–H and O–H groups in total. The molecule has 1 rings (SSSR count). The van der Waals surface area contributed by atoms with Crippen LogP contribution in [0.25, 0.3) is 0 Å². The van der Waals surface area contributed by atoms with E-state index in [2.05, 4.69) is 45.9 Å². The van der Waals surface area contributed by atoms with Crippen LogP contribution >= 0.6 is 0 Å². The molecule has 0 atom stereocenters. The summed E-state index contributed by atoms with van der Waals surface area (Å²) >= 11 is 0. The SMILES string of the molecule is CC.CCCC.CCCCC1=CCC=CC(CCCC)=N1. The molecule has 0 fully saturated rings. The predicted molar refractivity (Wildman–Crippen MR) is 100 cm³/mol. The third kappa shape index (κ3) is 15.4. The van der Waals surface area contributed by atoms with E-state index in [9.17, 15) is 0 Å². The fourth-order valence-electron chi connectivity index (χ4n) is 1.69. The second-order valence-corrected chi connectivity index (χ2v) is 5.14. The van der Waals surface area contributed by atoms with Crippen molar-refractivity contribution in [2.45, 2.75) is 99.3 Å². The maximum atomic E-state index is 4.74. The normalized spacial score (nSPS) is 13.0. The van der Waals surface area contributed by atoms with Crippen LogP contribution in [0.3, 0.4) is 0 Å². The van der Waals surface area contributed by atoms with Crippen molar-refractivity contribution < 1.29 is 0 Å². The Morgan fingerprint density at radius 3 is 1.95 bits per heavy atom. The second kappa shape index (κ2) is 19.1. The zero-order valence-corrected chi connectivity index (χ0v) is 15.5. The lowest BCUT2D eigenvalue weighted by Crippen LogP contribution is -1.94. The Balaban J connectivity index is 0. The molecule has 0 saturated heterocycles. The van der Waals surface area contributed by atoms with Gasteiger partial charge in [0.2, 0.25) is 0 Å². The fraction of sp³-hybridized carbons (Fsp3) is 0.750. The molecule has 0 radical (unpaired) electrons. The van der Waals surface area contributed by atoms with Crippen molar-refractivity contribution in [1.29, 1.82) is 0 Å². The third-order valence-electron chi connectivity index (χ3n) is 3.16. The highest BCUT2D eigenvalue weighted by molar-refractivity contribution is 5.95. The maximum absolute atomic E-state index is 4.74. The fourth-order valence-corrected chi connectivity index (χ4v) is 1.69. The molecule has 1 nitrogen and oxygen atoms in total. The van der Waals surface area contributed by atoms with Gasteiger partial charge in [0.05, 0.1) is 0 Å². The Morgan fingerprint density at radius 2 is 1.43 bits per heavy atom. The van der Waals surface area contributed by atoms with Crippen LogP contribution in [0, 0.1) is 0 Å². The molecule has 0 aromatic carbocycles. The third-order valence-corrected chi connectivity index (χ3v) is 3.16. The van der Waals surface area contributed by atoms with E-state index in [1.807, 2.05) is 13.8 Å². The van der Waals surface area contributed by atoms with Crippen LogP contribution in [0.5, 0.6) is 0 Å². The molecule has 0 aromatic rings. The van der Waals surface area contributed by atoms with Gasteiger partial charge < -0.3 is 0 Å². The first-order valence-electron chi connectivity index (χ1n) is 9.21. The summed E-state index contributed by atoms with van der Waals surface area (Å²) in [6.45, 7) is 12.8. The number of rotatable bonds is 7. The molecule has 1 heterocycles. The van der Waals surface area contributed by atoms with Crippen molar-refractivity contribution in [3.63, 3.8) is 0 Å². The Kier molecular flexibility index (Phi) is 20.5. The number of aliphatic imine (C=N–C) groups is 1. The minimum atomic E-state index is 1.05. The number of hydrogen-bond acceptors (Lipinski definition) is 1. The number of unbranched alkanes of at least 4 members (excludes halogenated alkanes) is 3. The maximum Gasteiger partial charge on any atom is 0.0403 e. The molecular weight excluding hydrogens is 254 g/mol. The molecule has 1 aliphatic rings. The lowest BCUT2D eigenvalue weighted by atomic mass is 10.1. The van der Waals surface area contributed by atoms with Crippen molar-refractivity contribution in [3.8, 4) is 0 Å². The van der Waals surface area contributed by atoms with E-state index in [1.54, 1.807) is 0 Å². The van der Waals surface area contributed by atoms with Gasteiger partial charge >= 0.3 is 0 Å². The first kappa shape index (κ1) is 22.4. The van der Waals surface area contributed by atoms with Gasteiger partial charge in [-0.1, -0.05) is 79.4 Å². The van der Waals surface area contributed by atoms with E-state index in [0.29, 0.717) is 0 Å². The first-order valence-corrected chi connectivity index (χ1v) is 9.21. The molecule has 124 valence electrons. The van der Waals surface area contributed by atoms with Crippen LogP contribution in [0.2, 0.25) is 0 Å². The van der Waals surface area contributed by atoms with Gasteiger partial charge in [0, 0.05) is 11.4 Å². The number of allylic oxidation sites excluding steroid dienone is 4. The van der Waals surface area contributed by atoms with Crippen LogP contribution in [-0.2, 0) is 0 Å². The van der Waals surface area contributed by atoms with Gasteiger partial charge in [0.15, 0.2) is 0 Å². The molecule has 0 aliphatic carbocycles. The molecule has 0 aromatic heterocycles. The average molecular weight is 294 g/mol. The Morgan fingerprint density at radius 1 is 0.857 bits per heavy atom. The minimum absolute atomic E-state index is 1.05. The van der Waals surface area contributed by atoms with Crippen LogP contribution in [0.15, 0.2) is 28.9 Å². The highest BCUT2D eigenvalue weighted by Crippen LogP contribution is 2.15. The topological polar surface area (TPSA) is 12.4 Å². The molecule has 1 aliphatic heterocycles. The van der Waals surface area contributed by atoms with Crippen molar-refractivity contribution in [1.82, 2.24) is 0 Å². The lowest BCUT2D eigenvalue weighted by molar-refractivity contribution is 0.777. The Hall–Kier alpha value is -0.850. The standard InChI is InChI=1S/C14H23N.C4H10.C2H6/c1-3-5-9-13-11-7-8-12-14(15-13)10-6-4-2;1-3-4-2;1-2/h7,11-12H,3-6,8-10H2,1-2H3;3-4H2,1-2H3;1-2H3. The van der Waals surface area contributed by atoms with Crippen LogP contribution in [0.1, 0.15) is 99.3 Å². The summed E-state index contributed by atoms with van der Waals surface area (Å²) in [4.78, 5) is 4.74. The van der Waals surface area contributed by atoms with Gasteiger partial charge in [-0.05, 0) is 38.2 Å². The van der Waals surface area contributed by atoms with Gasteiger partial charge in [-0.25, -0.2) is 0 Å². The quantitative estimate of drug-likeness (QED) is 0.461. The molecule has 1 heteroatoms. The zero-order valence-electron chi connectivity index (χ0n) is 15.5. The van der Waals surface area contributed by atoms with E-state index < -0.39 is 0 Å². The van der Waals surface area contributed by atoms with Gasteiger partial charge in [0.25, 0.3) is 0 Å². The summed E-state index contributed by atoms with van der Waals surface area (Å²) in [7, 11) is 0. The predicted octanol–water partition coefficient (Wildman–Crippen LogP) is 7.48. The number of nitrogens with zero attached hydrogens (tertiary/aromatic N) is 1. The van der Waals surface area contributed by atoms with Gasteiger partial charge in [-0.15, -0.1) is 0 Å². The van der Waals surface area contributed by atoms with E-state index >= 15 is 0 Å². The molecule has 21 heavy (non-hydrogen) atoms. The molecule has 0 spiro atoms. The summed E-state index contributed by atoms with van der Waals surface area (Å²) in [6.07, 6.45) is 17.7. The summed E-state index contributed by atoms with van der Waals surface area (Å²) < 4.78 is 0. The van der Waals surface area contributed by atoms with Crippen LogP contribution in [-0.4, -0.2) is 5.71 Å². The van der Waals surface area contributed by atoms with Crippen molar-refractivity contribution in [2.75, 3.05) is 0 Å². The van der Waals surface area contributed by atoms with E-state index in [4.69, 9.17) is 4.99 Å². The summed E-state index contributed by atoms with van der Waals surface area (Å²) in [6, 6.07) is 0. The highest BCUT2D eigenvalue weighted by atomic mass is 14.8. The summed E-state index contributed by atoms with van der Waals surface area (Å²) in [5, 5.41) is 0. The van der Waals surface area contributed by atoms with Crippen molar-refractivity contribution in [2.24, 2.45) is 4.99 Å². The second-order valence-electron chi connectivity index (χ2n) is 5.14. The van der Waals surface area contributed by atoms with E-state index in [-0.39, 0.29) is 0 Å². The van der Waals surface area contributed by atoms with E-state index in [0.717, 1.165) is 19.3 Å². The first-order chi connectivity index (χ1) is 10.3. The van der Waals surface area contributed by atoms with E-state index in [1.165, 1.54) is 49.9 Å². The summed E-state index contributed by atoms with van der Waals surface area (Å²) in [5.41, 5.74) is 2.57. The molecular formula is C20H39N. The highest BCUT2D eigenvalue weighted by Gasteiger charge is 2.01. The van der Waals surface area contributed by atoms with Crippen LogP contribution < -0.4 is 0 Å². The van der Waals surface area contributed by atoms with Crippen molar-refractivity contribution in [3.05, 3.63) is 23.9 Å². The van der Waals surface area contributed by atoms with Gasteiger partial charge in [0.1, 0.15) is 0 Å². The lowest BCUT2D eigenvalue weighted by Gasteiger charge is -2.02. The van der Waals surface area contributed by atoms with Crippen LogP contribution in [0.4, 0.5) is 0 Å². The largest absolute Gasteiger partial charge is 0.258 e. The Bertz CT molecular complexity index is 282. The molecule has 0 amide bonds. The minimum Gasteiger partial charge on any atom is -0.258 e. The molecule has 0 bridgehead atoms. The Labute approximate surface area is 134 Å². The van der Waals surface area contributed by atoms with Crippen molar-refractivity contribution >= 4 is 5.71 Å². The smallest absolute Gasteiger partial charge is 0.0403 e. The number of hydrogen-bond donors (Lipinski definition) is 0. The molecule has 0 unspecified atom stereocenters. The zero-order chi connectivity index (χ0) is 16.3. The van der Waals surface area contributed by atoms with Gasteiger partial charge in [-0.2, -0.15) is 0 Å².